The molecule has 34 heavy (non-hydrogen) atoms. The summed E-state index contributed by atoms with van der Waals surface area (Å²) in [5.74, 6) is 0.596. The summed E-state index contributed by atoms with van der Waals surface area (Å²) in [7, 11) is -1.89. The minimum absolute atomic E-state index is 0.0320. The highest BCUT2D eigenvalue weighted by Gasteiger charge is 2.55. The Balaban J connectivity index is 1.53. The molecule has 3 nitrogen and oxygen atoms in total. The lowest BCUT2D eigenvalue weighted by Gasteiger charge is -2.40. The Morgan fingerprint density at radius 3 is 2.59 bits per heavy atom. The summed E-state index contributed by atoms with van der Waals surface area (Å²) >= 11 is 0. The molecule has 4 heteroatoms. The average Bonchev–Trinajstić information content (AvgIpc) is 3.27. The van der Waals surface area contributed by atoms with E-state index in [1.807, 2.05) is 0 Å². The summed E-state index contributed by atoms with van der Waals surface area (Å²) < 4.78 is 13.5. The predicted molar refractivity (Wildman–Crippen MR) is 142 cm³/mol. The monoisotopic (exact) mass is 476 g/mol. The van der Waals surface area contributed by atoms with E-state index in [-0.39, 0.29) is 29.1 Å². The number of carbonyl (C=O) groups excluding carboxylic acids is 1. The standard InChI is InChI=1S/C30H40O3Si/c1-7-8-9-14-23-25-22-16-15-19-12-10-11-13-21(19)26(22)29-27(25)24(28(23)31)17-20(33-29)18-32-34(5,6)30(2,3)4/h10-13,15-16,20,24,27,29H,7-9,14,17-18H2,1-6H3. The third-order valence-electron chi connectivity index (χ3n) is 8.92. The van der Waals surface area contributed by atoms with Crippen molar-refractivity contribution in [2.45, 2.75) is 90.1 Å². The molecule has 0 spiro atoms. The van der Waals surface area contributed by atoms with Gasteiger partial charge in [0.25, 0.3) is 0 Å². The molecule has 0 radical (unpaired) electrons. The minimum atomic E-state index is -1.89. The van der Waals surface area contributed by atoms with Crippen LogP contribution in [0.2, 0.25) is 18.1 Å². The van der Waals surface area contributed by atoms with Crippen LogP contribution in [0.15, 0.2) is 42.0 Å². The molecule has 1 saturated heterocycles. The molecule has 1 aliphatic heterocycles. The number of hydrogen-bond donors (Lipinski definition) is 0. The highest BCUT2D eigenvalue weighted by molar-refractivity contribution is 6.74. The van der Waals surface area contributed by atoms with E-state index in [9.17, 15) is 4.79 Å². The maximum Gasteiger partial charge on any atom is 0.192 e. The molecule has 2 aromatic rings. The van der Waals surface area contributed by atoms with Gasteiger partial charge in [-0.25, -0.2) is 0 Å². The number of ketones is 1. The van der Waals surface area contributed by atoms with Gasteiger partial charge in [0, 0.05) is 11.8 Å². The van der Waals surface area contributed by atoms with Gasteiger partial charge in [-0.1, -0.05) is 76.9 Å². The number of carbonyl (C=O) groups is 1. The molecule has 1 fully saturated rings. The third kappa shape index (κ3) is 3.82. The van der Waals surface area contributed by atoms with Crippen molar-refractivity contribution in [3.63, 3.8) is 0 Å². The zero-order valence-corrected chi connectivity index (χ0v) is 22.7. The van der Waals surface area contributed by atoms with Gasteiger partial charge in [0.15, 0.2) is 14.1 Å². The van der Waals surface area contributed by atoms with E-state index in [4.69, 9.17) is 9.16 Å². The highest BCUT2D eigenvalue weighted by Crippen LogP contribution is 2.61. The quantitative estimate of drug-likeness (QED) is 0.301. The Kier molecular flexibility index (Phi) is 6.15. The second kappa shape index (κ2) is 8.72. The molecule has 182 valence electrons. The van der Waals surface area contributed by atoms with Crippen LogP contribution in [0.4, 0.5) is 0 Å². The Hall–Kier alpha value is -1.75. The molecule has 1 heterocycles. The van der Waals surface area contributed by atoms with Crippen LogP contribution in [0, 0.1) is 11.8 Å². The van der Waals surface area contributed by atoms with Crippen molar-refractivity contribution in [3.8, 4) is 0 Å². The van der Waals surface area contributed by atoms with E-state index >= 15 is 0 Å². The lowest BCUT2D eigenvalue weighted by molar-refractivity contribution is -0.135. The predicted octanol–water partition coefficient (Wildman–Crippen LogP) is 7.85. The SMILES string of the molecule is CCCCCC1=C2c3ccc4ccccc4c3C3OC(CO[Si](C)(C)C(C)(C)C)CC(C1=O)C23. The van der Waals surface area contributed by atoms with Crippen LogP contribution in [0.3, 0.4) is 0 Å². The third-order valence-corrected chi connectivity index (χ3v) is 13.4. The van der Waals surface area contributed by atoms with Crippen molar-refractivity contribution < 1.29 is 14.0 Å². The Labute approximate surface area is 206 Å². The number of fused-ring (bicyclic) bond motifs is 5. The lowest BCUT2D eigenvalue weighted by Crippen LogP contribution is -2.45. The summed E-state index contributed by atoms with van der Waals surface area (Å²) in [4.78, 5) is 13.8. The fraction of sp³-hybridized carbons (Fsp3) is 0.567. The van der Waals surface area contributed by atoms with Gasteiger partial charge in [-0.15, -0.1) is 0 Å². The number of ether oxygens (including phenoxy) is 1. The van der Waals surface area contributed by atoms with E-state index < -0.39 is 8.32 Å². The van der Waals surface area contributed by atoms with E-state index in [1.165, 1.54) is 40.3 Å². The first-order valence-electron chi connectivity index (χ1n) is 13.2. The molecule has 4 unspecified atom stereocenters. The average molecular weight is 477 g/mol. The van der Waals surface area contributed by atoms with Crippen molar-refractivity contribution in [2.75, 3.05) is 6.61 Å². The van der Waals surface area contributed by atoms with E-state index in [1.54, 1.807) is 0 Å². The van der Waals surface area contributed by atoms with Crippen LogP contribution in [0.1, 0.15) is 77.0 Å². The fourth-order valence-electron chi connectivity index (χ4n) is 6.03. The first-order chi connectivity index (χ1) is 16.1. The van der Waals surface area contributed by atoms with Crippen LogP contribution >= 0.6 is 0 Å². The molecule has 4 atom stereocenters. The van der Waals surface area contributed by atoms with E-state index in [2.05, 4.69) is 77.2 Å². The number of Topliss-reactive ketones (excluding diaryl/α,β-unsaturated/α-hetero) is 1. The summed E-state index contributed by atoms with van der Waals surface area (Å²) in [5, 5.41) is 2.68. The second-order valence-electron chi connectivity index (χ2n) is 12.1. The van der Waals surface area contributed by atoms with Crippen LogP contribution < -0.4 is 0 Å². The molecule has 0 saturated carbocycles. The zero-order chi connectivity index (χ0) is 24.3. The van der Waals surface area contributed by atoms with Crippen LogP contribution in [-0.4, -0.2) is 26.8 Å². The molecule has 0 bridgehead atoms. The Morgan fingerprint density at radius 1 is 1.09 bits per heavy atom. The van der Waals surface area contributed by atoms with Gasteiger partial charge in [0.1, 0.15) is 0 Å². The number of hydrogen-bond acceptors (Lipinski definition) is 3. The van der Waals surface area contributed by atoms with Gasteiger partial charge in [-0.05, 0) is 70.4 Å². The van der Waals surface area contributed by atoms with Crippen LogP contribution in [0.25, 0.3) is 16.3 Å². The number of allylic oxidation sites excluding steroid dienone is 1. The van der Waals surface area contributed by atoms with E-state index in [0.717, 1.165) is 24.8 Å². The second-order valence-corrected chi connectivity index (χ2v) is 16.9. The van der Waals surface area contributed by atoms with Gasteiger partial charge in [-0.2, -0.15) is 0 Å². The zero-order valence-electron chi connectivity index (χ0n) is 21.7. The van der Waals surface area contributed by atoms with Gasteiger partial charge in [-0.3, -0.25) is 4.79 Å². The van der Waals surface area contributed by atoms with Gasteiger partial charge in [0.2, 0.25) is 0 Å². The summed E-state index contributed by atoms with van der Waals surface area (Å²) in [6, 6.07) is 13.1. The largest absolute Gasteiger partial charge is 0.414 e. The Bertz CT molecular complexity index is 1140. The molecule has 2 aromatic carbocycles. The molecular formula is C30H40O3Si. The van der Waals surface area contributed by atoms with Crippen molar-refractivity contribution in [3.05, 3.63) is 53.1 Å². The van der Waals surface area contributed by atoms with Crippen molar-refractivity contribution in [1.29, 1.82) is 0 Å². The number of rotatable bonds is 7. The van der Waals surface area contributed by atoms with Crippen molar-refractivity contribution >= 4 is 30.4 Å². The van der Waals surface area contributed by atoms with Crippen LogP contribution in [0.5, 0.6) is 0 Å². The topological polar surface area (TPSA) is 35.5 Å². The highest BCUT2D eigenvalue weighted by atomic mass is 28.4. The van der Waals surface area contributed by atoms with Gasteiger partial charge in [0.05, 0.1) is 18.8 Å². The Morgan fingerprint density at radius 2 is 1.85 bits per heavy atom. The fourth-order valence-corrected chi connectivity index (χ4v) is 7.07. The summed E-state index contributed by atoms with van der Waals surface area (Å²) in [5.41, 5.74) is 4.97. The number of benzene rings is 2. The molecule has 0 N–H and O–H groups in total. The van der Waals surface area contributed by atoms with Crippen LogP contribution in [-0.2, 0) is 14.0 Å². The number of unbranched alkanes of at least 4 members (excludes halogenated alkanes) is 2. The molecule has 2 aliphatic carbocycles. The van der Waals surface area contributed by atoms with Crippen molar-refractivity contribution in [2.24, 2.45) is 11.8 Å². The lowest BCUT2D eigenvalue weighted by atomic mass is 9.81. The van der Waals surface area contributed by atoms with Crippen molar-refractivity contribution in [1.82, 2.24) is 0 Å². The summed E-state index contributed by atoms with van der Waals surface area (Å²) in [6.07, 6.45) is 5.03. The maximum absolute atomic E-state index is 13.8. The normalized spacial score (nSPS) is 26.4. The maximum atomic E-state index is 13.8. The molecular weight excluding hydrogens is 436 g/mol. The first kappa shape index (κ1) is 24.0. The van der Waals surface area contributed by atoms with Gasteiger partial charge < -0.3 is 9.16 Å². The first-order valence-corrected chi connectivity index (χ1v) is 16.1. The molecule has 5 rings (SSSR count). The smallest absolute Gasteiger partial charge is 0.192 e. The van der Waals surface area contributed by atoms with E-state index in [0.29, 0.717) is 12.4 Å². The molecule has 0 amide bonds. The van der Waals surface area contributed by atoms with Gasteiger partial charge >= 0.3 is 0 Å². The molecule has 3 aliphatic rings. The molecule has 0 aromatic heterocycles. The summed E-state index contributed by atoms with van der Waals surface area (Å²) in [6.45, 7) is 14.2. The minimum Gasteiger partial charge on any atom is -0.414 e.